The smallest absolute Gasteiger partial charge is 0.384 e. The van der Waals surface area contributed by atoms with Crippen molar-refractivity contribution in [1.29, 1.82) is 0 Å². The Morgan fingerprint density at radius 3 is 1.71 bits per heavy atom. The Hall–Kier alpha value is -7.46. The van der Waals surface area contributed by atoms with Crippen molar-refractivity contribution >= 4 is 145 Å². The molecule has 7 aliphatic rings. The molecule has 23 nitrogen and oxygen atoms in total. The lowest BCUT2D eigenvalue weighted by atomic mass is 10.1. The minimum absolute atomic E-state index is 0. The van der Waals surface area contributed by atoms with E-state index in [-0.39, 0.29) is 42.1 Å². The minimum Gasteiger partial charge on any atom is -1.00 e. The van der Waals surface area contributed by atoms with Gasteiger partial charge in [0.25, 0.3) is 0 Å². The third-order valence-electron chi connectivity index (χ3n) is 18.7. The predicted molar refractivity (Wildman–Crippen MR) is 417 cm³/mol. The van der Waals surface area contributed by atoms with E-state index in [1.165, 1.54) is 150 Å². The van der Waals surface area contributed by atoms with Gasteiger partial charge in [-0.25, -0.2) is 49.1 Å². The molecule has 7 aliphatic carbocycles. The van der Waals surface area contributed by atoms with Gasteiger partial charge in [0.05, 0.1) is 84.7 Å². The van der Waals surface area contributed by atoms with E-state index in [4.69, 9.17) is 20.3 Å². The van der Waals surface area contributed by atoms with E-state index in [1.54, 1.807) is 111 Å². The van der Waals surface area contributed by atoms with Crippen LogP contribution >= 0.6 is 79.4 Å². The fraction of sp³-hybridized carbons (Fsp3) is 0.459. The molecule has 1 unspecified atom stereocenters. The predicted octanol–water partition coefficient (Wildman–Crippen LogP) is 10.1. The van der Waals surface area contributed by atoms with Crippen LogP contribution in [0.3, 0.4) is 0 Å². The second kappa shape index (κ2) is 36.0. The normalized spacial score (nSPS) is 14.8. The number of nitrogen functional groups attached to an aromatic ring is 1. The molecule has 0 bridgehead atoms. The number of fused-ring (bicyclic) bond motifs is 15. The van der Waals surface area contributed by atoms with Crippen LogP contribution in [0, 0.1) is 0 Å². The standard InChI is InChI=1S/C17H18N2OS.C13H20N3O2S.C11H12N2O2S.C9H13N3S.C9H10N2OS.C9H8N2OS.C6H8N2S.BrH/c20-15(10-9-12-5-2-1-3-6-12)14-11-18-17-19(14)13-7-4-8-16(13)21-17;1-4-18-12(17)8-16-10-6-5-7-11(10)19-13(16)14-9-15(2)3;1-2-15-10(14)8-6-12-11-13(8)7-4-3-5-9(7)16-11;1-12(2)6-10-9-11-7-4-3-5-8(7)13-9;2*12-5-6-4-10-9-11(6)7-2-1-3-8(7)13-9;7-6-8-4-2-1-3-5(4)9-6;/h1-3,5-6,11,15,20H,4,7-10H2;9H,4-8H2,1-3H3;6H,2-5H2,1H3;6H,3-5H2,1-2H3;4,12H,1-3,5H2;4-5H,1-3H2;1-3H2,(H2,7,8);1H/q;+1;;;;;;/p-1. The van der Waals surface area contributed by atoms with Gasteiger partial charge in [0, 0.05) is 86.7 Å². The number of thiazole rings is 7. The summed E-state index contributed by atoms with van der Waals surface area (Å²) in [5.74, 6) is -0.469. The molecule has 1 atom stereocenters. The van der Waals surface area contributed by atoms with Crippen molar-refractivity contribution in [3.8, 4) is 0 Å². The van der Waals surface area contributed by atoms with Gasteiger partial charge in [0.2, 0.25) is 11.5 Å². The molecule has 0 saturated carbocycles. The zero-order chi connectivity index (χ0) is 72.4. The Labute approximate surface area is 648 Å². The number of nitrogens with zero attached hydrogens (tertiary/aromatic N) is 15. The maximum atomic E-state index is 11.7. The summed E-state index contributed by atoms with van der Waals surface area (Å²) >= 11 is 12.0. The maximum absolute atomic E-state index is 11.7. The fourth-order valence-corrected chi connectivity index (χ4v) is 21.9. The quantitative estimate of drug-likeness (QED) is 0.0283. The molecule has 0 fully saturated rings. The first-order valence-corrected chi connectivity index (χ1v) is 41.6. The Morgan fingerprint density at radius 1 is 0.590 bits per heavy atom. The molecule has 19 rings (SSSR count). The van der Waals surface area contributed by atoms with Gasteiger partial charge in [0.15, 0.2) is 43.5 Å². The number of imidazole rings is 4. The number of nitrogens with two attached hydrogens (primary N) is 1. The molecule has 105 heavy (non-hydrogen) atoms. The summed E-state index contributed by atoms with van der Waals surface area (Å²) in [4.78, 5) is 86.4. The van der Waals surface area contributed by atoms with Gasteiger partial charge in [-0.05, 0) is 177 Å². The second-order valence-electron chi connectivity index (χ2n) is 26.5. The van der Waals surface area contributed by atoms with Gasteiger partial charge in [-0.1, -0.05) is 41.7 Å². The average molecular weight is 1620 g/mol. The molecule has 0 amide bonds. The summed E-state index contributed by atoms with van der Waals surface area (Å²) < 4.78 is 20.3. The number of ether oxygens (including phenoxy) is 2. The summed E-state index contributed by atoms with van der Waals surface area (Å²) in [5.41, 5.74) is 19.0. The van der Waals surface area contributed by atoms with E-state index in [0.29, 0.717) is 24.6 Å². The highest BCUT2D eigenvalue weighted by molar-refractivity contribution is 7.18. The lowest BCUT2D eigenvalue weighted by Gasteiger charge is -2.11. The molecule has 0 saturated heterocycles. The number of aldehydes is 1. The van der Waals surface area contributed by atoms with Crippen molar-refractivity contribution in [2.24, 2.45) is 9.98 Å². The number of aliphatic hydroxyl groups excluding tert-OH is 2. The van der Waals surface area contributed by atoms with E-state index in [9.17, 15) is 19.5 Å². The van der Waals surface area contributed by atoms with Gasteiger partial charge in [0.1, 0.15) is 11.4 Å². The second-order valence-corrected chi connectivity index (χ2v) is 34.0. The zero-order valence-electron chi connectivity index (χ0n) is 60.1. The van der Waals surface area contributed by atoms with Crippen molar-refractivity contribution in [3.05, 3.63) is 157 Å². The highest BCUT2D eigenvalue weighted by Gasteiger charge is 2.31. The zero-order valence-corrected chi connectivity index (χ0v) is 67.4. The number of carbonyl (C=O) groups excluding carboxylic acids is 3. The van der Waals surface area contributed by atoms with Gasteiger partial charge in [-0.3, -0.25) is 22.4 Å². The maximum Gasteiger partial charge on any atom is 0.384 e. The summed E-state index contributed by atoms with van der Waals surface area (Å²) in [6.45, 7) is 4.81. The molecular formula is C74H89BrN16O7S7. The molecule has 31 heteroatoms. The summed E-state index contributed by atoms with van der Waals surface area (Å²) in [6, 6.07) is 10.3. The van der Waals surface area contributed by atoms with E-state index in [2.05, 4.69) is 60.8 Å². The Bertz CT molecular complexity index is 4980. The van der Waals surface area contributed by atoms with Crippen molar-refractivity contribution in [1.82, 2.24) is 57.3 Å². The van der Waals surface area contributed by atoms with Crippen LogP contribution in [0.25, 0.3) is 19.8 Å². The van der Waals surface area contributed by atoms with Gasteiger partial charge in [-0.2, -0.15) is 0 Å². The number of aromatic nitrogens is 11. The fourth-order valence-electron chi connectivity index (χ4n) is 14.0. The molecule has 11 aromatic heterocycles. The van der Waals surface area contributed by atoms with Crippen molar-refractivity contribution in [2.45, 2.75) is 181 Å². The highest BCUT2D eigenvalue weighted by atomic mass is 79.9. The number of aliphatic imine (C=N–C) groups is 2. The molecule has 4 N–H and O–H groups in total. The topological polar surface area (TPSA) is 266 Å². The number of anilines is 1. The van der Waals surface area contributed by atoms with Gasteiger partial charge in [-0.15, -0.1) is 56.7 Å². The Kier molecular flexibility index (Phi) is 26.4. The molecule has 556 valence electrons. The minimum atomic E-state index is -0.445. The molecule has 1 aromatic carbocycles. The lowest BCUT2D eigenvalue weighted by Crippen LogP contribution is -3.00. The molecular weight excluding hydrogens is 1530 g/mol. The summed E-state index contributed by atoms with van der Waals surface area (Å²) in [5, 5.41) is 22.2. The number of aryl methyl sites for hydroxylation is 14. The number of rotatable bonds is 15. The number of hydrogen-bond acceptors (Lipinski definition) is 23. The van der Waals surface area contributed by atoms with E-state index in [0.717, 1.165) is 130 Å². The molecule has 0 aliphatic heterocycles. The van der Waals surface area contributed by atoms with Crippen LogP contribution in [0.2, 0.25) is 0 Å². The highest BCUT2D eigenvalue weighted by Crippen LogP contribution is 2.38. The summed E-state index contributed by atoms with van der Waals surface area (Å²) in [7, 11) is 7.79. The largest absolute Gasteiger partial charge is 1.00 e. The van der Waals surface area contributed by atoms with Crippen molar-refractivity contribution in [3.63, 3.8) is 0 Å². The van der Waals surface area contributed by atoms with Crippen LogP contribution in [-0.2, 0) is 124 Å². The number of esters is 2. The third kappa shape index (κ3) is 17.9. The van der Waals surface area contributed by atoms with Crippen LogP contribution in [0.4, 0.5) is 15.4 Å². The van der Waals surface area contributed by atoms with Gasteiger partial charge < -0.3 is 52.2 Å². The molecule has 0 radical (unpaired) electrons. The van der Waals surface area contributed by atoms with Crippen molar-refractivity contribution in [2.75, 3.05) is 47.1 Å². The van der Waals surface area contributed by atoms with Crippen LogP contribution in [-0.4, -0.2) is 140 Å². The lowest BCUT2D eigenvalue weighted by molar-refractivity contribution is -0.676. The van der Waals surface area contributed by atoms with E-state index in [1.807, 2.05) is 89.6 Å². The van der Waals surface area contributed by atoms with Gasteiger partial charge >= 0.3 is 17.1 Å². The number of carbonyl (C=O) groups is 3. The molecule has 12 aromatic rings. The first-order valence-electron chi connectivity index (χ1n) is 35.9. The number of benzene rings is 1. The van der Waals surface area contributed by atoms with Crippen LogP contribution < -0.4 is 27.3 Å². The number of aliphatic hydroxyl groups is 2. The summed E-state index contributed by atoms with van der Waals surface area (Å²) in [6.07, 6.45) is 36.9. The Morgan fingerprint density at radius 2 is 1.10 bits per heavy atom. The van der Waals surface area contributed by atoms with Crippen LogP contribution in [0.5, 0.6) is 0 Å². The van der Waals surface area contributed by atoms with E-state index >= 15 is 0 Å². The number of halogens is 1. The first kappa shape index (κ1) is 77.2. The first-order chi connectivity index (χ1) is 50.7. The third-order valence-corrected chi connectivity index (χ3v) is 26.6. The van der Waals surface area contributed by atoms with E-state index < -0.39 is 6.10 Å². The average Bonchev–Trinajstić information content (AvgIpc) is 1.63. The Balaban J connectivity index is 0.000000116. The molecule has 11 heterocycles. The van der Waals surface area contributed by atoms with Crippen LogP contribution in [0.1, 0.15) is 183 Å². The van der Waals surface area contributed by atoms with Crippen LogP contribution in [0.15, 0.2) is 65.1 Å². The number of hydrogen-bond donors (Lipinski definition) is 3. The SMILES string of the molecule is CCOC(=O)C[n+]1c(N=CN(C)C)sc2c1CCC2.CCOC(=O)c1cnc2sc3c(n12)CCC3.CN(C)C=Nc1nc2c(s1)CCC2.Nc1nc2c(s1)CCC2.O=Cc1cnc2sc3c(n12)CCC3.OC(CCc1ccccc1)c1cnc2sc3c(n12)CCC3.OCc1cnc2sc3c(n12)CCC3.[Br-]. The monoisotopic (exact) mass is 1620 g/mol. The molecule has 0 spiro atoms. The van der Waals surface area contributed by atoms with Crippen molar-refractivity contribution < 1.29 is 55.6 Å².